The van der Waals surface area contributed by atoms with Crippen molar-refractivity contribution in [2.45, 2.75) is 69.0 Å². The van der Waals surface area contributed by atoms with Gasteiger partial charge in [-0.1, -0.05) is 30.2 Å². The molecule has 1 atom stereocenters. The molecule has 0 unspecified atom stereocenters. The molecule has 2 aromatic heterocycles. The summed E-state index contributed by atoms with van der Waals surface area (Å²) in [4.78, 5) is 9.37. The zero-order chi connectivity index (χ0) is 19.6. The minimum atomic E-state index is 0.150. The molecule has 3 saturated carbocycles. The summed E-state index contributed by atoms with van der Waals surface area (Å²) in [6.45, 7) is 2.99. The van der Waals surface area contributed by atoms with Gasteiger partial charge >= 0.3 is 0 Å². The first-order valence-corrected chi connectivity index (χ1v) is 10.9. The first-order valence-electron chi connectivity index (χ1n) is 10.5. The molecule has 7 rings (SSSR count). The number of hydrogen-bond donors (Lipinski definition) is 1. The molecule has 1 aromatic carbocycles. The van der Waals surface area contributed by atoms with Crippen molar-refractivity contribution in [3.63, 3.8) is 0 Å². The number of nitrogens with one attached hydrogen (secondary N) is 1. The maximum absolute atomic E-state index is 6.26. The van der Waals surface area contributed by atoms with Crippen LogP contribution in [-0.2, 0) is 12.1 Å². The lowest BCUT2D eigenvalue weighted by atomic mass is 9.44. The number of benzene rings is 1. The van der Waals surface area contributed by atoms with E-state index >= 15 is 0 Å². The van der Waals surface area contributed by atoms with Crippen molar-refractivity contribution in [2.24, 2.45) is 0 Å². The fourth-order valence-electron chi connectivity index (χ4n) is 5.67. The maximum atomic E-state index is 6.26. The minimum absolute atomic E-state index is 0.150. The number of fused-ring (bicyclic) bond motifs is 1. The molecule has 6 nitrogen and oxygen atoms in total. The standard InChI is InChI=1S/C22H25ClN6/c1-15-10-28(14-24-15)22-11-21(12-22,13-22)26-20-25-19-18(7-2-3-8-29(19)27-20)16-5-4-6-17(23)9-16/h4-6,9-10,14,18H,2-3,7-8,11-13H2,1H3,(H,26,27)/t18-,21?,22?/m1/s1. The van der Waals surface area contributed by atoms with Crippen molar-refractivity contribution in [2.75, 3.05) is 5.32 Å². The number of rotatable bonds is 4. The van der Waals surface area contributed by atoms with Crippen LogP contribution in [0.4, 0.5) is 5.95 Å². The molecule has 0 saturated heterocycles. The summed E-state index contributed by atoms with van der Waals surface area (Å²) in [6, 6.07) is 8.19. The Bertz CT molecular complexity index is 1060. The van der Waals surface area contributed by atoms with Crippen molar-refractivity contribution in [3.05, 3.63) is 58.9 Å². The number of aromatic nitrogens is 5. The molecule has 1 aliphatic heterocycles. The van der Waals surface area contributed by atoms with Crippen LogP contribution < -0.4 is 5.32 Å². The lowest BCUT2D eigenvalue weighted by Crippen LogP contribution is -2.75. The van der Waals surface area contributed by atoms with E-state index in [1.807, 2.05) is 18.5 Å². The van der Waals surface area contributed by atoms with Crippen molar-refractivity contribution < 1.29 is 0 Å². The SMILES string of the molecule is Cc1cn(C23CC(Nc4nc5n(n4)CCCC[C@@H]5c4cccc(Cl)c4)(C2)C3)cn1. The molecule has 0 spiro atoms. The van der Waals surface area contributed by atoms with Crippen LogP contribution in [0.25, 0.3) is 0 Å². The lowest BCUT2D eigenvalue weighted by Gasteiger charge is -2.70. The Morgan fingerprint density at radius 1 is 1.21 bits per heavy atom. The van der Waals surface area contributed by atoms with Gasteiger partial charge < -0.3 is 9.88 Å². The van der Waals surface area contributed by atoms with Crippen molar-refractivity contribution in [3.8, 4) is 0 Å². The fourth-order valence-corrected chi connectivity index (χ4v) is 5.86. The highest BCUT2D eigenvalue weighted by atomic mass is 35.5. The molecule has 3 fully saturated rings. The van der Waals surface area contributed by atoms with Gasteiger partial charge in [-0.2, -0.15) is 4.98 Å². The first-order chi connectivity index (χ1) is 14.0. The molecule has 0 amide bonds. The van der Waals surface area contributed by atoms with Gasteiger partial charge in [-0.15, -0.1) is 5.10 Å². The van der Waals surface area contributed by atoms with Crippen molar-refractivity contribution in [1.82, 2.24) is 24.3 Å². The summed E-state index contributed by atoms with van der Waals surface area (Å²) >= 11 is 6.26. The summed E-state index contributed by atoms with van der Waals surface area (Å²) in [6.07, 6.45) is 10.9. The highest BCUT2D eigenvalue weighted by Crippen LogP contribution is 2.66. The average molecular weight is 409 g/mol. The third-order valence-electron chi connectivity index (χ3n) is 7.01. The third-order valence-corrected chi connectivity index (χ3v) is 7.25. The van der Waals surface area contributed by atoms with E-state index in [9.17, 15) is 0 Å². The van der Waals surface area contributed by atoms with Crippen molar-refractivity contribution in [1.29, 1.82) is 0 Å². The smallest absolute Gasteiger partial charge is 0.242 e. The Kier molecular flexibility index (Phi) is 3.67. The molecule has 0 radical (unpaired) electrons. The summed E-state index contributed by atoms with van der Waals surface area (Å²) in [5.74, 6) is 2.11. The predicted molar refractivity (Wildman–Crippen MR) is 112 cm³/mol. The number of nitrogens with zero attached hydrogens (tertiary/aromatic N) is 5. The Balaban J connectivity index is 1.23. The number of hydrogen-bond acceptors (Lipinski definition) is 4. The van der Waals surface area contributed by atoms with E-state index in [1.165, 1.54) is 12.0 Å². The van der Waals surface area contributed by atoms with Crippen molar-refractivity contribution >= 4 is 17.5 Å². The van der Waals surface area contributed by atoms with Crippen LogP contribution in [0.3, 0.4) is 0 Å². The Morgan fingerprint density at radius 3 is 2.83 bits per heavy atom. The molecule has 1 N–H and O–H groups in total. The highest BCUT2D eigenvalue weighted by molar-refractivity contribution is 6.30. The summed E-state index contributed by atoms with van der Waals surface area (Å²) in [7, 11) is 0. The Morgan fingerprint density at radius 2 is 2.07 bits per heavy atom. The van der Waals surface area contributed by atoms with Crippen LogP contribution in [0.5, 0.6) is 0 Å². The first kappa shape index (κ1) is 17.5. The van der Waals surface area contributed by atoms with Gasteiger partial charge in [-0.25, -0.2) is 9.67 Å². The van der Waals surface area contributed by atoms with Crippen LogP contribution in [0.15, 0.2) is 36.8 Å². The molecule has 3 aliphatic carbocycles. The molecule has 3 heterocycles. The van der Waals surface area contributed by atoms with E-state index in [-0.39, 0.29) is 17.0 Å². The van der Waals surface area contributed by atoms with Gasteiger partial charge in [0.15, 0.2) is 0 Å². The second-order valence-electron chi connectivity index (χ2n) is 9.20. The van der Waals surface area contributed by atoms with Gasteiger partial charge in [0.2, 0.25) is 5.95 Å². The lowest BCUT2D eigenvalue weighted by molar-refractivity contribution is -0.100. The molecule has 29 heavy (non-hydrogen) atoms. The van der Waals surface area contributed by atoms with Gasteiger partial charge in [0.05, 0.1) is 17.6 Å². The number of imidazole rings is 1. The number of anilines is 1. The number of halogens is 1. The van der Waals surface area contributed by atoms with E-state index < -0.39 is 0 Å². The topological polar surface area (TPSA) is 60.6 Å². The molecule has 150 valence electrons. The van der Waals surface area contributed by atoms with E-state index in [2.05, 4.69) is 44.8 Å². The van der Waals surface area contributed by atoms with E-state index in [0.717, 1.165) is 61.1 Å². The van der Waals surface area contributed by atoms with Gasteiger partial charge in [-0.05, 0) is 56.7 Å². The number of aryl methyl sites for hydroxylation is 2. The van der Waals surface area contributed by atoms with Gasteiger partial charge in [0, 0.05) is 29.2 Å². The van der Waals surface area contributed by atoms with Crippen LogP contribution in [0.2, 0.25) is 5.02 Å². The van der Waals surface area contributed by atoms with Gasteiger partial charge in [0.1, 0.15) is 5.82 Å². The van der Waals surface area contributed by atoms with E-state index in [0.29, 0.717) is 0 Å². The van der Waals surface area contributed by atoms with E-state index in [4.69, 9.17) is 21.7 Å². The van der Waals surface area contributed by atoms with Gasteiger partial charge in [0.25, 0.3) is 0 Å². The quantitative estimate of drug-likeness (QED) is 0.690. The molecule has 4 aliphatic rings. The molecular formula is C22H25ClN6. The average Bonchev–Trinajstić information content (AvgIpc) is 3.18. The molecule has 2 bridgehead atoms. The second kappa shape index (κ2) is 6.08. The summed E-state index contributed by atoms with van der Waals surface area (Å²) in [5, 5.41) is 9.31. The third kappa shape index (κ3) is 2.72. The van der Waals surface area contributed by atoms with Crippen LogP contribution in [0.1, 0.15) is 61.5 Å². The van der Waals surface area contributed by atoms with Crippen LogP contribution in [0, 0.1) is 6.92 Å². The maximum Gasteiger partial charge on any atom is 0.242 e. The molecular weight excluding hydrogens is 384 g/mol. The normalized spacial score (nSPS) is 30.1. The zero-order valence-electron chi connectivity index (χ0n) is 16.6. The summed E-state index contributed by atoms with van der Waals surface area (Å²) in [5.41, 5.74) is 2.73. The van der Waals surface area contributed by atoms with Crippen LogP contribution in [-0.4, -0.2) is 29.9 Å². The van der Waals surface area contributed by atoms with Crippen LogP contribution >= 0.6 is 11.6 Å². The predicted octanol–water partition coefficient (Wildman–Crippen LogP) is 4.50. The van der Waals surface area contributed by atoms with Gasteiger partial charge in [-0.3, -0.25) is 0 Å². The molecule has 3 aromatic rings. The molecule has 7 heteroatoms. The largest absolute Gasteiger partial charge is 0.347 e. The second-order valence-corrected chi connectivity index (χ2v) is 9.64. The fraction of sp³-hybridized carbons (Fsp3) is 0.500. The van der Waals surface area contributed by atoms with E-state index in [1.54, 1.807) is 0 Å². The minimum Gasteiger partial charge on any atom is -0.347 e. The Labute approximate surface area is 175 Å². The monoisotopic (exact) mass is 408 g/mol. The zero-order valence-corrected chi connectivity index (χ0v) is 17.4. The summed E-state index contributed by atoms with van der Waals surface area (Å²) < 4.78 is 4.41. The Hall–Kier alpha value is -2.34. The highest BCUT2D eigenvalue weighted by Gasteiger charge is 2.69.